The molecule has 0 saturated carbocycles. The van der Waals surface area contributed by atoms with E-state index in [9.17, 15) is 19.2 Å². The molecular formula is C22H30N4O5. The maximum absolute atomic E-state index is 13.0. The number of benzene rings is 1. The highest BCUT2D eigenvalue weighted by Crippen LogP contribution is 2.30. The highest BCUT2D eigenvalue weighted by atomic mass is 16.5. The predicted molar refractivity (Wildman–Crippen MR) is 115 cm³/mol. The summed E-state index contributed by atoms with van der Waals surface area (Å²) < 4.78 is 5.00. The van der Waals surface area contributed by atoms with E-state index in [-0.39, 0.29) is 23.8 Å². The third-order valence-corrected chi connectivity index (χ3v) is 5.58. The average molecular weight is 431 g/mol. The summed E-state index contributed by atoms with van der Waals surface area (Å²) in [5.41, 5.74) is -0.452. The molecule has 2 aliphatic heterocycles. The largest absolute Gasteiger partial charge is 0.462 e. The minimum absolute atomic E-state index is 0.209. The van der Waals surface area contributed by atoms with Gasteiger partial charge < -0.3 is 20.3 Å². The Labute approximate surface area is 182 Å². The van der Waals surface area contributed by atoms with Gasteiger partial charge in [0.25, 0.3) is 5.91 Å². The Morgan fingerprint density at radius 1 is 1.19 bits per heavy atom. The number of imide groups is 1. The van der Waals surface area contributed by atoms with Crippen LogP contribution in [0.1, 0.15) is 44.0 Å². The van der Waals surface area contributed by atoms with Crippen molar-refractivity contribution in [2.24, 2.45) is 5.92 Å². The minimum atomic E-state index is -0.937. The van der Waals surface area contributed by atoms with Gasteiger partial charge in [-0.2, -0.15) is 0 Å². The van der Waals surface area contributed by atoms with Gasteiger partial charge in [0.05, 0.1) is 17.9 Å². The molecule has 4 amide bonds. The fourth-order valence-corrected chi connectivity index (χ4v) is 4.10. The smallest absolute Gasteiger partial charge is 0.340 e. The van der Waals surface area contributed by atoms with Crippen LogP contribution in [0.2, 0.25) is 0 Å². The predicted octanol–water partition coefficient (Wildman–Crippen LogP) is 1.84. The number of hydrogen-bond donors (Lipinski definition) is 2. The number of piperidine rings is 1. The Kier molecular flexibility index (Phi) is 6.94. The number of ether oxygens (including phenoxy) is 1. The van der Waals surface area contributed by atoms with E-state index in [1.807, 2.05) is 0 Å². The molecule has 0 aromatic heterocycles. The molecule has 2 heterocycles. The van der Waals surface area contributed by atoms with Crippen LogP contribution in [-0.2, 0) is 14.3 Å². The van der Waals surface area contributed by atoms with E-state index < -0.39 is 30.0 Å². The van der Waals surface area contributed by atoms with Crippen molar-refractivity contribution in [3.05, 3.63) is 29.8 Å². The Morgan fingerprint density at radius 3 is 2.52 bits per heavy atom. The molecule has 2 N–H and O–H groups in total. The van der Waals surface area contributed by atoms with Crippen LogP contribution in [0.5, 0.6) is 0 Å². The van der Waals surface area contributed by atoms with E-state index in [1.54, 1.807) is 31.2 Å². The number of rotatable bonds is 7. The first-order valence-corrected chi connectivity index (χ1v) is 10.7. The lowest BCUT2D eigenvalue weighted by Crippen LogP contribution is -2.55. The number of carbonyl (C=O) groups excluding carboxylic acids is 4. The summed E-state index contributed by atoms with van der Waals surface area (Å²) in [6, 6.07) is 5.89. The monoisotopic (exact) mass is 430 g/mol. The van der Waals surface area contributed by atoms with Crippen LogP contribution >= 0.6 is 0 Å². The summed E-state index contributed by atoms with van der Waals surface area (Å²) in [6.45, 7) is 8.17. The van der Waals surface area contributed by atoms with E-state index in [4.69, 9.17) is 4.74 Å². The SMILES string of the molecule is CCOC(=O)c1ccccc1NC(=O)CN1C(=O)NC2(CCN(CC(C)C)CC2)C1=O. The number of para-hydroxylation sites is 1. The van der Waals surface area contributed by atoms with Gasteiger partial charge in [-0.05, 0) is 37.8 Å². The van der Waals surface area contributed by atoms with Gasteiger partial charge in [-0.3, -0.25) is 14.5 Å². The Morgan fingerprint density at radius 2 is 1.87 bits per heavy atom. The van der Waals surface area contributed by atoms with E-state index in [1.165, 1.54) is 0 Å². The molecule has 0 radical (unpaired) electrons. The van der Waals surface area contributed by atoms with Crippen LogP contribution in [0.25, 0.3) is 0 Å². The van der Waals surface area contributed by atoms with Crippen molar-refractivity contribution in [3.8, 4) is 0 Å². The number of urea groups is 1. The van der Waals surface area contributed by atoms with E-state index in [2.05, 4.69) is 29.4 Å². The first kappa shape index (κ1) is 22.7. The molecular weight excluding hydrogens is 400 g/mol. The summed E-state index contributed by atoms with van der Waals surface area (Å²) >= 11 is 0. The normalized spacial score (nSPS) is 18.4. The van der Waals surface area contributed by atoms with Gasteiger partial charge in [0.15, 0.2) is 0 Å². The Balaban J connectivity index is 1.64. The van der Waals surface area contributed by atoms with Gasteiger partial charge in [-0.15, -0.1) is 0 Å². The van der Waals surface area contributed by atoms with Gasteiger partial charge >= 0.3 is 12.0 Å². The lowest BCUT2D eigenvalue weighted by Gasteiger charge is -2.37. The number of anilines is 1. The van der Waals surface area contributed by atoms with Crippen molar-refractivity contribution in [2.75, 3.05) is 38.1 Å². The van der Waals surface area contributed by atoms with E-state index in [0.29, 0.717) is 18.8 Å². The van der Waals surface area contributed by atoms with Gasteiger partial charge in [0.1, 0.15) is 12.1 Å². The second-order valence-electron chi connectivity index (χ2n) is 8.41. The fraction of sp³-hybridized carbons (Fsp3) is 0.545. The summed E-state index contributed by atoms with van der Waals surface area (Å²) in [7, 11) is 0. The van der Waals surface area contributed by atoms with Crippen molar-refractivity contribution in [3.63, 3.8) is 0 Å². The fourth-order valence-electron chi connectivity index (χ4n) is 4.10. The summed E-state index contributed by atoms with van der Waals surface area (Å²) in [5.74, 6) is -0.953. The molecule has 31 heavy (non-hydrogen) atoms. The summed E-state index contributed by atoms with van der Waals surface area (Å²) in [4.78, 5) is 53.5. The molecule has 3 rings (SSSR count). The highest BCUT2D eigenvalue weighted by Gasteiger charge is 2.52. The van der Waals surface area contributed by atoms with Crippen LogP contribution < -0.4 is 10.6 Å². The molecule has 2 saturated heterocycles. The summed E-state index contributed by atoms with van der Waals surface area (Å²) in [5, 5.41) is 5.43. The highest BCUT2D eigenvalue weighted by molar-refractivity contribution is 6.10. The number of nitrogens with zero attached hydrogens (tertiary/aromatic N) is 2. The first-order valence-electron chi connectivity index (χ1n) is 10.7. The third kappa shape index (κ3) is 5.04. The maximum Gasteiger partial charge on any atom is 0.340 e. The van der Waals surface area contributed by atoms with Crippen LogP contribution in [0, 0.1) is 5.92 Å². The zero-order valence-corrected chi connectivity index (χ0v) is 18.3. The van der Waals surface area contributed by atoms with Gasteiger partial charge in [0.2, 0.25) is 5.91 Å². The molecule has 0 bridgehead atoms. The number of amides is 4. The maximum atomic E-state index is 13.0. The number of likely N-dealkylation sites (tertiary alicyclic amines) is 1. The van der Waals surface area contributed by atoms with Crippen LogP contribution in [0.3, 0.4) is 0 Å². The zero-order chi connectivity index (χ0) is 22.6. The van der Waals surface area contributed by atoms with E-state index in [0.717, 1.165) is 24.5 Å². The third-order valence-electron chi connectivity index (χ3n) is 5.58. The number of carbonyl (C=O) groups is 4. The van der Waals surface area contributed by atoms with Crippen molar-refractivity contribution in [1.82, 2.24) is 15.1 Å². The molecule has 1 aromatic carbocycles. The molecule has 0 atom stereocenters. The molecule has 9 heteroatoms. The van der Waals surface area contributed by atoms with Gasteiger partial charge in [0, 0.05) is 19.6 Å². The van der Waals surface area contributed by atoms with E-state index >= 15 is 0 Å². The topological polar surface area (TPSA) is 108 Å². The molecule has 2 fully saturated rings. The second kappa shape index (κ2) is 9.47. The van der Waals surface area contributed by atoms with Crippen molar-refractivity contribution >= 4 is 29.5 Å². The molecule has 168 valence electrons. The number of nitrogens with one attached hydrogen (secondary N) is 2. The quantitative estimate of drug-likeness (QED) is 0.505. The molecule has 0 aliphatic carbocycles. The molecule has 1 spiro atoms. The second-order valence-corrected chi connectivity index (χ2v) is 8.41. The summed E-state index contributed by atoms with van der Waals surface area (Å²) in [6.07, 6.45) is 1.04. The first-order chi connectivity index (χ1) is 14.8. The van der Waals surface area contributed by atoms with Crippen LogP contribution in [0.4, 0.5) is 10.5 Å². The zero-order valence-electron chi connectivity index (χ0n) is 18.3. The lowest BCUT2D eigenvalue weighted by molar-refractivity contribution is -0.135. The van der Waals surface area contributed by atoms with Crippen LogP contribution in [0.15, 0.2) is 24.3 Å². The molecule has 9 nitrogen and oxygen atoms in total. The molecule has 0 unspecified atom stereocenters. The molecule has 2 aliphatic rings. The average Bonchev–Trinajstić information content (AvgIpc) is 2.94. The Bertz CT molecular complexity index is 861. The number of esters is 1. The van der Waals surface area contributed by atoms with Crippen molar-refractivity contribution < 1.29 is 23.9 Å². The minimum Gasteiger partial charge on any atom is -0.462 e. The standard InChI is InChI=1S/C22H30N4O5/c1-4-31-19(28)16-7-5-6-8-17(16)23-18(27)14-26-20(29)22(24-21(26)30)9-11-25(12-10-22)13-15(2)3/h5-8,15H,4,9-14H2,1-3H3,(H,23,27)(H,24,30). The Hall–Kier alpha value is -2.94. The van der Waals surface area contributed by atoms with Crippen molar-refractivity contribution in [1.29, 1.82) is 0 Å². The van der Waals surface area contributed by atoms with Crippen LogP contribution in [-0.4, -0.2) is 71.9 Å². The molecule has 1 aromatic rings. The number of hydrogen-bond acceptors (Lipinski definition) is 6. The van der Waals surface area contributed by atoms with Gasteiger partial charge in [-0.25, -0.2) is 9.59 Å². The van der Waals surface area contributed by atoms with Gasteiger partial charge in [-0.1, -0.05) is 26.0 Å². The lowest BCUT2D eigenvalue weighted by atomic mass is 9.87. The van der Waals surface area contributed by atoms with Crippen molar-refractivity contribution in [2.45, 2.75) is 39.2 Å².